The van der Waals surface area contributed by atoms with Crippen molar-refractivity contribution in [3.05, 3.63) is 65.2 Å². The summed E-state index contributed by atoms with van der Waals surface area (Å²) in [6.45, 7) is 4.38. The first-order valence-electron chi connectivity index (χ1n) is 8.86. The third kappa shape index (κ3) is 5.34. The monoisotopic (exact) mass is 353 g/mol. The standard InChI is InChI=1S/C21H27N3O2/c1-5-15(2)23-21(26)17-9-6-8-16(12-17)14-22-20(25)18-10-7-11-19(13-18)24(3)4/h6-13,15H,5,14H2,1-4H3,(H,22,25)(H,23,26). The molecular formula is C21H27N3O2. The van der Waals surface area contributed by atoms with Crippen molar-refractivity contribution in [2.75, 3.05) is 19.0 Å². The number of carbonyl (C=O) groups excluding carboxylic acids is 2. The topological polar surface area (TPSA) is 61.4 Å². The first kappa shape index (κ1) is 19.5. The SMILES string of the molecule is CCC(C)NC(=O)c1cccc(CNC(=O)c2cccc(N(C)C)c2)c1. The van der Waals surface area contributed by atoms with E-state index in [-0.39, 0.29) is 17.9 Å². The maximum absolute atomic E-state index is 12.4. The summed E-state index contributed by atoms with van der Waals surface area (Å²) in [6, 6.07) is 14.9. The third-order valence-electron chi connectivity index (χ3n) is 4.26. The van der Waals surface area contributed by atoms with E-state index in [0.717, 1.165) is 17.7 Å². The van der Waals surface area contributed by atoms with Crippen LogP contribution in [0.3, 0.4) is 0 Å². The van der Waals surface area contributed by atoms with Crippen LogP contribution in [-0.2, 0) is 6.54 Å². The second-order valence-corrected chi connectivity index (χ2v) is 6.61. The molecule has 0 aliphatic carbocycles. The van der Waals surface area contributed by atoms with Crippen LogP contribution in [0, 0.1) is 0 Å². The maximum atomic E-state index is 12.4. The van der Waals surface area contributed by atoms with Crippen LogP contribution in [0.15, 0.2) is 48.5 Å². The number of anilines is 1. The molecule has 2 aromatic carbocycles. The molecule has 0 aromatic heterocycles. The fourth-order valence-corrected chi connectivity index (χ4v) is 2.44. The van der Waals surface area contributed by atoms with Gasteiger partial charge in [0.1, 0.15) is 0 Å². The number of nitrogens with one attached hydrogen (secondary N) is 2. The Morgan fingerprint density at radius 2 is 1.65 bits per heavy atom. The molecule has 0 aliphatic heterocycles. The summed E-state index contributed by atoms with van der Waals surface area (Å²) in [5.74, 6) is -0.227. The molecule has 5 nitrogen and oxygen atoms in total. The highest BCUT2D eigenvalue weighted by molar-refractivity contribution is 5.95. The molecule has 26 heavy (non-hydrogen) atoms. The molecule has 1 atom stereocenters. The van der Waals surface area contributed by atoms with Crippen molar-refractivity contribution < 1.29 is 9.59 Å². The van der Waals surface area contributed by atoms with Gasteiger partial charge in [-0.1, -0.05) is 25.1 Å². The van der Waals surface area contributed by atoms with E-state index in [1.807, 2.05) is 69.2 Å². The van der Waals surface area contributed by atoms with Gasteiger partial charge in [-0.05, 0) is 49.2 Å². The highest BCUT2D eigenvalue weighted by Crippen LogP contribution is 2.13. The first-order valence-corrected chi connectivity index (χ1v) is 8.86. The lowest BCUT2D eigenvalue weighted by atomic mass is 10.1. The molecule has 2 amide bonds. The molecule has 0 radical (unpaired) electrons. The zero-order chi connectivity index (χ0) is 19.1. The number of benzene rings is 2. The minimum absolute atomic E-state index is 0.0915. The Labute approximate surface area is 155 Å². The summed E-state index contributed by atoms with van der Waals surface area (Å²) in [5.41, 5.74) is 3.08. The molecule has 0 bridgehead atoms. The average molecular weight is 353 g/mol. The minimum atomic E-state index is -0.136. The van der Waals surface area contributed by atoms with Crippen molar-refractivity contribution in [1.82, 2.24) is 10.6 Å². The van der Waals surface area contributed by atoms with Crippen LogP contribution >= 0.6 is 0 Å². The van der Waals surface area contributed by atoms with Crippen LogP contribution < -0.4 is 15.5 Å². The Kier molecular flexibility index (Phi) is 6.78. The van der Waals surface area contributed by atoms with E-state index in [2.05, 4.69) is 10.6 Å². The number of hydrogen-bond acceptors (Lipinski definition) is 3. The van der Waals surface area contributed by atoms with Crippen LogP contribution in [0.25, 0.3) is 0 Å². The molecule has 0 heterocycles. The summed E-state index contributed by atoms with van der Waals surface area (Å²) in [4.78, 5) is 26.6. The average Bonchev–Trinajstić information content (AvgIpc) is 2.66. The molecule has 2 rings (SSSR count). The summed E-state index contributed by atoms with van der Waals surface area (Å²) in [7, 11) is 3.87. The van der Waals surface area contributed by atoms with Gasteiger partial charge >= 0.3 is 0 Å². The Bertz CT molecular complexity index is 771. The molecule has 0 saturated heterocycles. The Morgan fingerprint density at radius 3 is 2.31 bits per heavy atom. The van der Waals surface area contributed by atoms with Gasteiger partial charge in [0.15, 0.2) is 0 Å². The normalized spacial score (nSPS) is 11.5. The quantitative estimate of drug-likeness (QED) is 0.803. The van der Waals surface area contributed by atoms with Gasteiger partial charge in [-0.3, -0.25) is 9.59 Å². The summed E-state index contributed by atoms with van der Waals surface area (Å²) >= 11 is 0. The van der Waals surface area contributed by atoms with E-state index in [9.17, 15) is 9.59 Å². The van der Waals surface area contributed by atoms with E-state index in [0.29, 0.717) is 17.7 Å². The Balaban J connectivity index is 2.01. The Morgan fingerprint density at radius 1 is 1.00 bits per heavy atom. The van der Waals surface area contributed by atoms with E-state index in [1.165, 1.54) is 0 Å². The molecule has 0 aliphatic rings. The summed E-state index contributed by atoms with van der Waals surface area (Å²) in [5, 5.41) is 5.86. The van der Waals surface area contributed by atoms with Crippen LogP contribution in [0.5, 0.6) is 0 Å². The molecular weight excluding hydrogens is 326 g/mol. The second kappa shape index (κ2) is 9.04. The zero-order valence-corrected chi connectivity index (χ0v) is 15.9. The van der Waals surface area contributed by atoms with Crippen LogP contribution in [0.2, 0.25) is 0 Å². The van der Waals surface area contributed by atoms with Crippen molar-refractivity contribution in [2.45, 2.75) is 32.9 Å². The number of rotatable bonds is 7. The second-order valence-electron chi connectivity index (χ2n) is 6.61. The largest absolute Gasteiger partial charge is 0.378 e. The van der Waals surface area contributed by atoms with Gasteiger partial charge in [-0.15, -0.1) is 0 Å². The zero-order valence-electron chi connectivity index (χ0n) is 15.9. The molecule has 0 spiro atoms. The highest BCUT2D eigenvalue weighted by Gasteiger charge is 2.10. The first-order chi connectivity index (χ1) is 12.4. The van der Waals surface area contributed by atoms with Crippen LogP contribution in [-0.4, -0.2) is 32.0 Å². The minimum Gasteiger partial charge on any atom is -0.378 e. The van der Waals surface area contributed by atoms with Gasteiger partial charge in [-0.25, -0.2) is 0 Å². The predicted octanol–water partition coefficient (Wildman–Crippen LogP) is 3.21. The van der Waals surface area contributed by atoms with Gasteiger partial charge < -0.3 is 15.5 Å². The van der Waals surface area contributed by atoms with E-state index < -0.39 is 0 Å². The maximum Gasteiger partial charge on any atom is 0.251 e. The lowest BCUT2D eigenvalue weighted by Gasteiger charge is -2.14. The molecule has 2 aromatic rings. The van der Waals surface area contributed by atoms with Gasteiger partial charge in [0, 0.05) is 43.5 Å². The smallest absolute Gasteiger partial charge is 0.251 e. The van der Waals surface area contributed by atoms with Crippen LogP contribution in [0.4, 0.5) is 5.69 Å². The Hall–Kier alpha value is -2.82. The van der Waals surface area contributed by atoms with Gasteiger partial charge in [-0.2, -0.15) is 0 Å². The van der Waals surface area contributed by atoms with Gasteiger partial charge in [0.2, 0.25) is 0 Å². The lowest BCUT2D eigenvalue weighted by Crippen LogP contribution is -2.32. The van der Waals surface area contributed by atoms with Crippen molar-refractivity contribution in [1.29, 1.82) is 0 Å². The number of carbonyl (C=O) groups is 2. The molecule has 0 fully saturated rings. The molecule has 2 N–H and O–H groups in total. The summed E-state index contributed by atoms with van der Waals surface area (Å²) in [6.07, 6.45) is 0.882. The van der Waals surface area contributed by atoms with Crippen molar-refractivity contribution in [3.63, 3.8) is 0 Å². The third-order valence-corrected chi connectivity index (χ3v) is 4.26. The van der Waals surface area contributed by atoms with Gasteiger partial charge in [0.25, 0.3) is 11.8 Å². The fraction of sp³-hybridized carbons (Fsp3) is 0.333. The van der Waals surface area contributed by atoms with E-state index in [4.69, 9.17) is 0 Å². The van der Waals surface area contributed by atoms with E-state index >= 15 is 0 Å². The fourth-order valence-electron chi connectivity index (χ4n) is 2.44. The number of hydrogen-bond donors (Lipinski definition) is 2. The van der Waals surface area contributed by atoms with Crippen molar-refractivity contribution in [2.24, 2.45) is 0 Å². The number of nitrogens with zero attached hydrogens (tertiary/aromatic N) is 1. The summed E-state index contributed by atoms with van der Waals surface area (Å²) < 4.78 is 0. The highest BCUT2D eigenvalue weighted by atomic mass is 16.2. The van der Waals surface area contributed by atoms with Crippen LogP contribution in [0.1, 0.15) is 46.5 Å². The van der Waals surface area contributed by atoms with Crippen molar-refractivity contribution >= 4 is 17.5 Å². The molecule has 138 valence electrons. The molecule has 0 saturated carbocycles. The predicted molar refractivity (Wildman–Crippen MR) is 106 cm³/mol. The van der Waals surface area contributed by atoms with Crippen molar-refractivity contribution in [3.8, 4) is 0 Å². The lowest BCUT2D eigenvalue weighted by molar-refractivity contribution is 0.0936. The molecule has 5 heteroatoms. The number of amides is 2. The molecule has 1 unspecified atom stereocenters. The van der Waals surface area contributed by atoms with E-state index in [1.54, 1.807) is 12.1 Å². The van der Waals surface area contributed by atoms with Gasteiger partial charge in [0.05, 0.1) is 0 Å².